The maximum Gasteiger partial charge on any atom is 0.253 e. The maximum atomic E-state index is 12.7. The Balaban J connectivity index is 1.69. The van der Waals surface area contributed by atoms with E-state index in [9.17, 15) is 4.79 Å². The van der Waals surface area contributed by atoms with E-state index in [1.54, 1.807) is 0 Å². The molecule has 3 heteroatoms. The smallest absolute Gasteiger partial charge is 0.253 e. The third-order valence-corrected chi connectivity index (χ3v) is 4.49. The van der Waals surface area contributed by atoms with Crippen molar-refractivity contribution in [3.05, 3.63) is 64.7 Å². The summed E-state index contributed by atoms with van der Waals surface area (Å²) in [6.07, 6.45) is 0. The first-order chi connectivity index (χ1) is 11.0. The highest BCUT2D eigenvalue weighted by Gasteiger charge is 2.23. The third-order valence-electron chi connectivity index (χ3n) is 4.49. The predicted molar refractivity (Wildman–Crippen MR) is 95.2 cm³/mol. The van der Waals surface area contributed by atoms with Crippen LogP contribution < -0.4 is 4.90 Å². The van der Waals surface area contributed by atoms with Crippen LogP contribution in [0.5, 0.6) is 0 Å². The minimum atomic E-state index is 0.154. The van der Waals surface area contributed by atoms with Crippen LogP contribution in [0.3, 0.4) is 0 Å². The number of benzene rings is 2. The Labute approximate surface area is 138 Å². The topological polar surface area (TPSA) is 23.6 Å². The molecule has 0 unspecified atom stereocenters. The first kappa shape index (κ1) is 15.6. The molecule has 1 fully saturated rings. The third kappa shape index (κ3) is 3.39. The van der Waals surface area contributed by atoms with Gasteiger partial charge < -0.3 is 9.80 Å². The number of hydrogen-bond donors (Lipinski definition) is 0. The van der Waals surface area contributed by atoms with E-state index in [1.807, 2.05) is 30.9 Å². The van der Waals surface area contributed by atoms with Crippen LogP contribution in [0.2, 0.25) is 0 Å². The van der Waals surface area contributed by atoms with Crippen LogP contribution >= 0.6 is 0 Å². The molecule has 0 aromatic heterocycles. The van der Waals surface area contributed by atoms with Crippen LogP contribution in [0.1, 0.15) is 27.0 Å². The summed E-state index contributed by atoms with van der Waals surface area (Å²) in [6.45, 7) is 9.56. The summed E-state index contributed by atoms with van der Waals surface area (Å²) < 4.78 is 0. The zero-order valence-electron chi connectivity index (χ0n) is 14.2. The van der Waals surface area contributed by atoms with Gasteiger partial charge in [-0.25, -0.2) is 0 Å². The molecule has 1 amide bonds. The molecule has 1 aliphatic rings. The Bertz CT molecular complexity index is 695. The van der Waals surface area contributed by atoms with E-state index < -0.39 is 0 Å². The molecule has 0 radical (unpaired) electrons. The monoisotopic (exact) mass is 308 g/mol. The van der Waals surface area contributed by atoms with Gasteiger partial charge >= 0.3 is 0 Å². The van der Waals surface area contributed by atoms with Gasteiger partial charge in [-0.1, -0.05) is 35.4 Å². The van der Waals surface area contributed by atoms with Gasteiger partial charge in [-0.15, -0.1) is 0 Å². The number of nitrogens with zero attached hydrogens (tertiary/aromatic N) is 2. The summed E-state index contributed by atoms with van der Waals surface area (Å²) in [5.41, 5.74) is 5.68. The molecule has 0 spiro atoms. The number of aryl methyl sites for hydroxylation is 3. The van der Waals surface area contributed by atoms with Crippen LogP contribution in [-0.2, 0) is 0 Å². The van der Waals surface area contributed by atoms with Gasteiger partial charge in [-0.2, -0.15) is 0 Å². The molecule has 0 atom stereocenters. The normalized spacial score (nSPS) is 14.9. The Kier molecular flexibility index (Phi) is 4.37. The van der Waals surface area contributed by atoms with Gasteiger partial charge in [-0.05, 0) is 44.5 Å². The second kappa shape index (κ2) is 6.45. The van der Waals surface area contributed by atoms with E-state index in [1.165, 1.54) is 11.3 Å². The van der Waals surface area contributed by atoms with E-state index >= 15 is 0 Å². The van der Waals surface area contributed by atoms with E-state index in [0.717, 1.165) is 42.9 Å². The average molecular weight is 308 g/mol. The van der Waals surface area contributed by atoms with Crippen LogP contribution in [-0.4, -0.2) is 37.0 Å². The van der Waals surface area contributed by atoms with Crippen molar-refractivity contribution < 1.29 is 4.79 Å². The summed E-state index contributed by atoms with van der Waals surface area (Å²) in [6, 6.07) is 14.5. The molecule has 3 rings (SSSR count). The van der Waals surface area contributed by atoms with Gasteiger partial charge in [-0.3, -0.25) is 4.79 Å². The summed E-state index contributed by atoms with van der Waals surface area (Å²) in [4.78, 5) is 17.1. The van der Waals surface area contributed by atoms with E-state index in [-0.39, 0.29) is 5.91 Å². The second-order valence-corrected chi connectivity index (χ2v) is 6.44. The van der Waals surface area contributed by atoms with Crippen molar-refractivity contribution in [2.75, 3.05) is 31.1 Å². The molecule has 1 aliphatic heterocycles. The van der Waals surface area contributed by atoms with Gasteiger partial charge in [0.05, 0.1) is 0 Å². The molecule has 2 aromatic rings. The van der Waals surface area contributed by atoms with E-state index in [0.29, 0.717) is 0 Å². The lowest BCUT2D eigenvalue weighted by Crippen LogP contribution is -2.49. The number of para-hydroxylation sites is 1. The standard InChI is InChI=1S/C20H24N2O/c1-15-12-16(2)14-18(13-15)20(23)22-10-8-21(9-11-22)19-7-5-4-6-17(19)3/h4-7,12-14H,8-11H2,1-3H3. The molecule has 23 heavy (non-hydrogen) atoms. The summed E-state index contributed by atoms with van der Waals surface area (Å²) in [5.74, 6) is 0.154. The summed E-state index contributed by atoms with van der Waals surface area (Å²) in [5, 5.41) is 0. The number of anilines is 1. The van der Waals surface area contributed by atoms with Gasteiger partial charge in [0.15, 0.2) is 0 Å². The van der Waals surface area contributed by atoms with Crippen molar-refractivity contribution in [2.24, 2.45) is 0 Å². The molecule has 120 valence electrons. The molecule has 0 N–H and O–H groups in total. The predicted octanol–water partition coefficient (Wildman–Crippen LogP) is 3.57. The van der Waals surface area contributed by atoms with Gasteiger partial charge in [0.25, 0.3) is 5.91 Å². The molecule has 1 saturated heterocycles. The number of carbonyl (C=O) groups excluding carboxylic acids is 1. The Morgan fingerprint density at radius 2 is 1.48 bits per heavy atom. The maximum absolute atomic E-state index is 12.7. The van der Waals surface area contributed by atoms with Crippen LogP contribution in [0.25, 0.3) is 0 Å². The summed E-state index contributed by atoms with van der Waals surface area (Å²) in [7, 11) is 0. The van der Waals surface area contributed by atoms with Gasteiger partial charge in [0.1, 0.15) is 0 Å². The largest absolute Gasteiger partial charge is 0.368 e. The van der Waals surface area contributed by atoms with Gasteiger partial charge in [0, 0.05) is 37.4 Å². The molecule has 0 saturated carbocycles. The quantitative estimate of drug-likeness (QED) is 0.846. The lowest BCUT2D eigenvalue weighted by molar-refractivity contribution is 0.0746. The number of piperazine rings is 1. The Hall–Kier alpha value is -2.29. The molecule has 0 aliphatic carbocycles. The highest BCUT2D eigenvalue weighted by molar-refractivity contribution is 5.94. The van der Waals surface area contributed by atoms with Crippen molar-refractivity contribution in [1.82, 2.24) is 4.90 Å². The Morgan fingerprint density at radius 3 is 2.09 bits per heavy atom. The fourth-order valence-corrected chi connectivity index (χ4v) is 3.35. The Morgan fingerprint density at radius 1 is 0.870 bits per heavy atom. The average Bonchev–Trinajstić information content (AvgIpc) is 2.54. The molecule has 1 heterocycles. The van der Waals surface area contributed by atoms with Crippen LogP contribution in [0, 0.1) is 20.8 Å². The lowest BCUT2D eigenvalue weighted by Gasteiger charge is -2.37. The minimum absolute atomic E-state index is 0.154. The van der Waals surface area contributed by atoms with Crippen molar-refractivity contribution in [1.29, 1.82) is 0 Å². The number of rotatable bonds is 2. The van der Waals surface area contributed by atoms with E-state index in [2.05, 4.69) is 42.2 Å². The number of carbonyl (C=O) groups is 1. The first-order valence-electron chi connectivity index (χ1n) is 8.23. The molecule has 2 aromatic carbocycles. The zero-order chi connectivity index (χ0) is 16.4. The van der Waals surface area contributed by atoms with E-state index in [4.69, 9.17) is 0 Å². The fourth-order valence-electron chi connectivity index (χ4n) is 3.35. The minimum Gasteiger partial charge on any atom is -0.368 e. The second-order valence-electron chi connectivity index (χ2n) is 6.44. The highest BCUT2D eigenvalue weighted by Crippen LogP contribution is 2.21. The molecule has 0 bridgehead atoms. The van der Waals surface area contributed by atoms with Crippen molar-refractivity contribution in [3.63, 3.8) is 0 Å². The highest BCUT2D eigenvalue weighted by atomic mass is 16.2. The number of amides is 1. The lowest BCUT2D eigenvalue weighted by atomic mass is 10.1. The molecular weight excluding hydrogens is 284 g/mol. The SMILES string of the molecule is Cc1cc(C)cc(C(=O)N2CCN(c3ccccc3C)CC2)c1. The van der Waals surface area contributed by atoms with Crippen molar-refractivity contribution >= 4 is 11.6 Å². The zero-order valence-corrected chi connectivity index (χ0v) is 14.2. The van der Waals surface area contributed by atoms with Crippen molar-refractivity contribution in [3.8, 4) is 0 Å². The first-order valence-corrected chi connectivity index (χ1v) is 8.23. The van der Waals surface area contributed by atoms with Gasteiger partial charge in [0.2, 0.25) is 0 Å². The molecular formula is C20H24N2O. The number of hydrogen-bond acceptors (Lipinski definition) is 2. The molecule has 3 nitrogen and oxygen atoms in total. The fraction of sp³-hybridized carbons (Fsp3) is 0.350. The van der Waals surface area contributed by atoms with Crippen LogP contribution in [0.15, 0.2) is 42.5 Å². The van der Waals surface area contributed by atoms with Crippen molar-refractivity contribution in [2.45, 2.75) is 20.8 Å². The van der Waals surface area contributed by atoms with Crippen LogP contribution in [0.4, 0.5) is 5.69 Å². The summed E-state index contributed by atoms with van der Waals surface area (Å²) >= 11 is 0.